The second-order valence-corrected chi connectivity index (χ2v) is 9.57. The van der Waals surface area contributed by atoms with Crippen molar-refractivity contribution in [2.24, 2.45) is 10.8 Å². The molecule has 0 aliphatic rings. The number of carboxylic acid groups (broad SMARTS) is 2. The highest BCUT2D eigenvalue weighted by atomic mass is 16.4. The Morgan fingerprint density at radius 3 is 1.73 bits per heavy atom. The number of hydrogen-bond acceptors (Lipinski definition) is 4. The fourth-order valence-electron chi connectivity index (χ4n) is 3.44. The zero-order valence-corrected chi connectivity index (χ0v) is 18.8. The molecule has 30 heavy (non-hydrogen) atoms. The molecule has 0 aliphatic heterocycles. The van der Waals surface area contributed by atoms with E-state index in [0.29, 0.717) is 44.1 Å². The Morgan fingerprint density at radius 1 is 0.733 bits per heavy atom. The Labute approximate surface area is 180 Å². The molecule has 1 aromatic rings. The molecule has 6 heteroatoms. The molecule has 0 fully saturated rings. The van der Waals surface area contributed by atoms with Crippen LogP contribution in [0.4, 0.5) is 0 Å². The van der Waals surface area contributed by atoms with Gasteiger partial charge in [0.25, 0.3) is 0 Å². The number of hydrogen-bond donors (Lipinski definition) is 4. The maximum Gasteiger partial charge on any atom is 0.309 e. The summed E-state index contributed by atoms with van der Waals surface area (Å²) in [6.07, 6.45) is 7.45. The van der Waals surface area contributed by atoms with Crippen LogP contribution in [-0.2, 0) is 22.4 Å². The molecule has 1 rings (SSSR count). The van der Waals surface area contributed by atoms with Gasteiger partial charge in [0.15, 0.2) is 0 Å². The molecule has 0 bridgehead atoms. The van der Waals surface area contributed by atoms with Gasteiger partial charge >= 0.3 is 11.9 Å². The maximum atomic E-state index is 11.2. The normalized spacial score (nSPS) is 12.1. The quantitative estimate of drug-likeness (QED) is 0.293. The van der Waals surface area contributed by atoms with Crippen LogP contribution >= 0.6 is 0 Å². The first-order valence-corrected chi connectivity index (χ1v) is 10.9. The molecule has 0 heterocycles. The lowest BCUT2D eigenvalue weighted by Gasteiger charge is -2.19. The third-order valence-corrected chi connectivity index (χ3v) is 5.98. The molecular formula is C24H38O6. The lowest BCUT2D eigenvalue weighted by molar-refractivity contribution is -0.148. The van der Waals surface area contributed by atoms with Crippen molar-refractivity contribution in [2.45, 2.75) is 91.9 Å². The van der Waals surface area contributed by atoms with Crippen LogP contribution in [0, 0.1) is 10.8 Å². The highest BCUT2D eigenvalue weighted by molar-refractivity contribution is 5.73. The number of aryl methyl sites for hydroxylation is 1. The van der Waals surface area contributed by atoms with Crippen molar-refractivity contribution in [3.63, 3.8) is 0 Å². The Bertz CT molecular complexity index is 721. The van der Waals surface area contributed by atoms with Gasteiger partial charge < -0.3 is 20.4 Å². The molecule has 4 N–H and O–H groups in total. The van der Waals surface area contributed by atoms with Crippen LogP contribution in [-0.4, -0.2) is 32.4 Å². The van der Waals surface area contributed by atoms with E-state index in [1.165, 1.54) is 0 Å². The maximum absolute atomic E-state index is 11.2. The van der Waals surface area contributed by atoms with Crippen LogP contribution in [0.15, 0.2) is 12.1 Å². The predicted octanol–water partition coefficient (Wildman–Crippen LogP) is 5.53. The minimum atomic E-state index is -0.818. The standard InChI is InChI=1S/C24H38O6/c1-23(2,21(27)28)15-9-6-5-7-11-17-13-14-19(25)18(20(17)26)12-8-10-16-24(3,4)22(29)30/h13-14,25-26H,5-12,15-16H2,1-4H3,(H,27,28)(H,29,30). The SMILES string of the molecule is CC(C)(CCCCCCc1ccc(O)c(CCCCC(C)(C)C(=O)O)c1O)C(=O)O. The van der Waals surface area contributed by atoms with E-state index in [4.69, 9.17) is 5.11 Å². The van der Waals surface area contributed by atoms with E-state index in [-0.39, 0.29) is 11.5 Å². The number of carboxylic acids is 2. The van der Waals surface area contributed by atoms with Crippen LogP contribution in [0.3, 0.4) is 0 Å². The molecule has 6 nitrogen and oxygen atoms in total. The predicted molar refractivity (Wildman–Crippen MR) is 117 cm³/mol. The van der Waals surface area contributed by atoms with E-state index in [1.54, 1.807) is 39.8 Å². The average Bonchev–Trinajstić information content (AvgIpc) is 2.64. The average molecular weight is 423 g/mol. The Morgan fingerprint density at radius 2 is 1.20 bits per heavy atom. The summed E-state index contributed by atoms with van der Waals surface area (Å²) in [5, 5.41) is 39.0. The lowest BCUT2D eigenvalue weighted by Crippen LogP contribution is -2.23. The molecule has 0 radical (unpaired) electrons. The van der Waals surface area contributed by atoms with Gasteiger partial charge in [-0.05, 0) is 77.8 Å². The molecular weight excluding hydrogens is 384 g/mol. The zero-order valence-electron chi connectivity index (χ0n) is 18.8. The van der Waals surface area contributed by atoms with Gasteiger partial charge in [0, 0.05) is 5.56 Å². The van der Waals surface area contributed by atoms with E-state index >= 15 is 0 Å². The van der Waals surface area contributed by atoms with Gasteiger partial charge in [0.05, 0.1) is 10.8 Å². The highest BCUT2D eigenvalue weighted by Crippen LogP contribution is 2.34. The molecule has 0 aromatic heterocycles. The van der Waals surface area contributed by atoms with E-state index in [1.807, 2.05) is 0 Å². The molecule has 0 atom stereocenters. The third kappa shape index (κ3) is 7.88. The summed E-state index contributed by atoms with van der Waals surface area (Å²) in [6, 6.07) is 3.36. The number of carbonyl (C=O) groups is 2. The summed E-state index contributed by atoms with van der Waals surface area (Å²) < 4.78 is 0. The van der Waals surface area contributed by atoms with Crippen molar-refractivity contribution in [2.75, 3.05) is 0 Å². The van der Waals surface area contributed by atoms with Crippen LogP contribution in [0.2, 0.25) is 0 Å². The van der Waals surface area contributed by atoms with Crippen molar-refractivity contribution in [1.82, 2.24) is 0 Å². The smallest absolute Gasteiger partial charge is 0.309 e. The van der Waals surface area contributed by atoms with Gasteiger partial charge in [0.2, 0.25) is 0 Å². The van der Waals surface area contributed by atoms with Crippen molar-refractivity contribution in [1.29, 1.82) is 0 Å². The summed E-state index contributed by atoms with van der Waals surface area (Å²) in [6.45, 7) is 6.89. The van der Waals surface area contributed by atoms with E-state index in [2.05, 4.69) is 0 Å². The van der Waals surface area contributed by atoms with E-state index in [9.17, 15) is 24.9 Å². The number of phenols is 2. The molecule has 1 aromatic carbocycles. The van der Waals surface area contributed by atoms with Crippen molar-refractivity contribution in [3.8, 4) is 11.5 Å². The van der Waals surface area contributed by atoms with Crippen molar-refractivity contribution >= 4 is 11.9 Å². The molecule has 170 valence electrons. The zero-order chi connectivity index (χ0) is 22.9. The second kappa shape index (κ2) is 11.2. The number of unbranched alkanes of at least 4 members (excludes halogenated alkanes) is 4. The lowest BCUT2D eigenvalue weighted by atomic mass is 9.86. The van der Waals surface area contributed by atoms with E-state index < -0.39 is 22.8 Å². The number of aromatic hydroxyl groups is 2. The first-order valence-electron chi connectivity index (χ1n) is 10.9. The van der Waals surface area contributed by atoms with Crippen LogP contribution in [0.5, 0.6) is 11.5 Å². The van der Waals surface area contributed by atoms with Gasteiger partial charge in [-0.1, -0.05) is 31.7 Å². The molecule has 0 spiro atoms. The topological polar surface area (TPSA) is 115 Å². The van der Waals surface area contributed by atoms with Gasteiger partial charge in [-0.2, -0.15) is 0 Å². The summed E-state index contributed by atoms with van der Waals surface area (Å²) in [5.74, 6) is -1.37. The number of aliphatic carboxylic acids is 2. The molecule has 0 amide bonds. The van der Waals surface area contributed by atoms with Crippen LogP contribution in [0.1, 0.15) is 90.2 Å². The fraction of sp³-hybridized carbons (Fsp3) is 0.667. The van der Waals surface area contributed by atoms with Crippen LogP contribution < -0.4 is 0 Å². The first-order chi connectivity index (χ1) is 13.9. The number of phenolic OH excluding ortho intramolecular Hbond substituents is 2. The molecule has 0 unspecified atom stereocenters. The minimum absolute atomic E-state index is 0.0737. The molecule has 0 saturated heterocycles. The first kappa shape index (κ1) is 25.8. The summed E-state index contributed by atoms with van der Waals surface area (Å²) in [5.41, 5.74) is -0.126. The van der Waals surface area contributed by atoms with Gasteiger partial charge in [0.1, 0.15) is 11.5 Å². The minimum Gasteiger partial charge on any atom is -0.508 e. The molecule has 0 saturated carbocycles. The monoisotopic (exact) mass is 422 g/mol. The van der Waals surface area contributed by atoms with Crippen molar-refractivity contribution < 1.29 is 30.0 Å². The summed E-state index contributed by atoms with van der Waals surface area (Å²) >= 11 is 0. The summed E-state index contributed by atoms with van der Waals surface area (Å²) in [7, 11) is 0. The molecule has 0 aliphatic carbocycles. The number of rotatable bonds is 14. The Kier molecular flexibility index (Phi) is 9.66. The summed E-state index contributed by atoms with van der Waals surface area (Å²) in [4.78, 5) is 22.3. The van der Waals surface area contributed by atoms with Crippen molar-refractivity contribution in [3.05, 3.63) is 23.3 Å². The van der Waals surface area contributed by atoms with Gasteiger partial charge in [-0.3, -0.25) is 9.59 Å². The fourth-order valence-corrected chi connectivity index (χ4v) is 3.44. The Hall–Kier alpha value is -2.24. The Balaban J connectivity index is 2.48. The van der Waals surface area contributed by atoms with Crippen LogP contribution in [0.25, 0.3) is 0 Å². The van der Waals surface area contributed by atoms with E-state index in [0.717, 1.165) is 31.2 Å². The largest absolute Gasteiger partial charge is 0.508 e. The third-order valence-electron chi connectivity index (χ3n) is 5.98. The second-order valence-electron chi connectivity index (χ2n) is 9.57. The van der Waals surface area contributed by atoms with Gasteiger partial charge in [-0.15, -0.1) is 0 Å². The van der Waals surface area contributed by atoms with Gasteiger partial charge in [-0.25, -0.2) is 0 Å². The highest BCUT2D eigenvalue weighted by Gasteiger charge is 2.27. The number of benzene rings is 1.